The summed E-state index contributed by atoms with van der Waals surface area (Å²) in [6.45, 7) is 11.7. The van der Waals surface area contributed by atoms with Crippen LogP contribution in [0.1, 0.15) is 51.7 Å². The van der Waals surface area contributed by atoms with Crippen LogP contribution in [-0.2, 0) is 9.59 Å². The van der Waals surface area contributed by atoms with Gasteiger partial charge in [0.1, 0.15) is 5.71 Å². The molecule has 7 heteroatoms. The molecular weight excluding hydrogens is 462 g/mol. The van der Waals surface area contributed by atoms with Gasteiger partial charge < -0.3 is 15.5 Å². The normalized spacial score (nSPS) is 17.1. The largest absolute Gasteiger partial charge is 0.372 e. The van der Waals surface area contributed by atoms with Crippen molar-refractivity contribution in [2.45, 2.75) is 46.2 Å². The molecule has 0 aromatic heterocycles. The molecule has 1 unspecified atom stereocenters. The lowest BCUT2D eigenvalue weighted by molar-refractivity contribution is -0.127. The van der Waals surface area contributed by atoms with Crippen LogP contribution in [0, 0.1) is 0 Å². The van der Waals surface area contributed by atoms with E-state index in [2.05, 4.69) is 43.2 Å². The Labute approximate surface area is 219 Å². The van der Waals surface area contributed by atoms with Crippen molar-refractivity contribution in [2.24, 2.45) is 5.10 Å². The van der Waals surface area contributed by atoms with Crippen LogP contribution in [0.5, 0.6) is 0 Å². The Morgan fingerprint density at radius 3 is 2.11 bits per heavy atom. The highest BCUT2D eigenvalue weighted by Crippen LogP contribution is 2.32. The number of hydrogen-bond donors (Lipinski definition) is 2. The molecule has 4 rings (SSSR count). The Kier molecular flexibility index (Phi) is 7.62. The molecule has 0 saturated heterocycles. The number of nitrogens with zero attached hydrogens (tertiary/aromatic N) is 3. The van der Waals surface area contributed by atoms with Crippen LogP contribution in [0.4, 0.5) is 17.1 Å². The number of carbonyl (C=O) groups is 2. The van der Waals surface area contributed by atoms with Crippen molar-refractivity contribution < 1.29 is 9.59 Å². The second-order valence-corrected chi connectivity index (χ2v) is 9.45. The lowest BCUT2D eigenvalue weighted by atomic mass is 9.93. The summed E-state index contributed by atoms with van der Waals surface area (Å²) in [6, 6.07) is 25.1. The molecule has 1 heterocycles. The van der Waals surface area contributed by atoms with E-state index in [4.69, 9.17) is 5.10 Å². The average Bonchev–Trinajstić information content (AvgIpc) is 3.17. The zero-order chi connectivity index (χ0) is 26.6. The molecule has 192 valence electrons. The molecule has 2 N–H and O–H groups in total. The molecule has 7 nitrogen and oxygen atoms in total. The third-order valence-corrected chi connectivity index (χ3v) is 6.61. The van der Waals surface area contributed by atoms with Gasteiger partial charge in [-0.25, -0.2) is 0 Å². The molecule has 0 aliphatic carbocycles. The standard InChI is InChI=1S/C30H35N5O2/c1-6-34(7-2)26-19-17-25(18-20-26)32-30(31-22(5)36)28(24-15-13-23(14-16-24)21(3)4)33-35(29(30)37)27-11-9-8-10-12-27/h8-21,32H,6-7H2,1-5H3,(H,31,36). The van der Waals surface area contributed by atoms with Gasteiger partial charge in [-0.1, -0.05) is 56.3 Å². The molecule has 2 amide bonds. The number of nitrogens with one attached hydrogen (secondary N) is 2. The highest BCUT2D eigenvalue weighted by Gasteiger charge is 2.53. The summed E-state index contributed by atoms with van der Waals surface area (Å²) in [6.07, 6.45) is 0. The zero-order valence-electron chi connectivity index (χ0n) is 22.2. The van der Waals surface area contributed by atoms with Gasteiger partial charge in [0.05, 0.1) is 5.69 Å². The molecule has 0 spiro atoms. The summed E-state index contributed by atoms with van der Waals surface area (Å²) >= 11 is 0. The third kappa shape index (κ3) is 5.21. The van der Waals surface area contributed by atoms with E-state index in [1.807, 2.05) is 78.9 Å². The van der Waals surface area contributed by atoms with Gasteiger partial charge in [-0.2, -0.15) is 10.1 Å². The van der Waals surface area contributed by atoms with Gasteiger partial charge >= 0.3 is 5.91 Å². The fourth-order valence-corrected chi connectivity index (χ4v) is 4.61. The van der Waals surface area contributed by atoms with Crippen LogP contribution in [0.25, 0.3) is 0 Å². The summed E-state index contributed by atoms with van der Waals surface area (Å²) in [4.78, 5) is 28.9. The minimum Gasteiger partial charge on any atom is -0.372 e. The molecular formula is C30H35N5O2. The number of anilines is 3. The number of amides is 2. The van der Waals surface area contributed by atoms with Gasteiger partial charge in [-0.15, -0.1) is 0 Å². The van der Waals surface area contributed by atoms with E-state index in [0.29, 0.717) is 23.0 Å². The molecule has 1 atom stereocenters. The van der Waals surface area contributed by atoms with Crippen molar-refractivity contribution in [2.75, 3.05) is 28.3 Å². The van der Waals surface area contributed by atoms with Crippen molar-refractivity contribution in [1.82, 2.24) is 5.32 Å². The summed E-state index contributed by atoms with van der Waals surface area (Å²) < 4.78 is 0. The SMILES string of the molecule is CCN(CC)c1ccc(NC2(NC(C)=O)C(=O)N(c3ccccc3)N=C2c2ccc(C(C)C)cc2)cc1. The third-order valence-electron chi connectivity index (χ3n) is 6.61. The number of hydrogen-bond acceptors (Lipinski definition) is 5. The Hall–Kier alpha value is -4.13. The van der Waals surface area contributed by atoms with E-state index in [1.54, 1.807) is 0 Å². The summed E-state index contributed by atoms with van der Waals surface area (Å²) in [5.41, 5.74) is 3.17. The zero-order valence-corrected chi connectivity index (χ0v) is 22.2. The van der Waals surface area contributed by atoms with E-state index in [9.17, 15) is 9.59 Å². The van der Waals surface area contributed by atoms with Crippen LogP contribution >= 0.6 is 0 Å². The average molecular weight is 498 g/mol. The van der Waals surface area contributed by atoms with Crippen molar-refractivity contribution in [3.63, 3.8) is 0 Å². The first-order valence-electron chi connectivity index (χ1n) is 12.8. The van der Waals surface area contributed by atoms with E-state index >= 15 is 0 Å². The number of rotatable bonds is 9. The van der Waals surface area contributed by atoms with Crippen molar-refractivity contribution in [3.8, 4) is 0 Å². The van der Waals surface area contributed by atoms with Crippen molar-refractivity contribution >= 4 is 34.6 Å². The highest BCUT2D eigenvalue weighted by atomic mass is 16.2. The minimum atomic E-state index is -1.59. The van der Waals surface area contributed by atoms with Crippen molar-refractivity contribution in [3.05, 3.63) is 90.0 Å². The van der Waals surface area contributed by atoms with Gasteiger partial charge in [0.2, 0.25) is 11.6 Å². The van der Waals surface area contributed by atoms with Crippen LogP contribution in [0.15, 0.2) is 84.0 Å². The molecule has 0 bridgehead atoms. The fourth-order valence-electron chi connectivity index (χ4n) is 4.61. The topological polar surface area (TPSA) is 77.0 Å². The number of carbonyl (C=O) groups excluding carboxylic acids is 2. The van der Waals surface area contributed by atoms with Crippen LogP contribution < -0.4 is 20.5 Å². The number of hydrazone groups is 1. The predicted octanol–water partition coefficient (Wildman–Crippen LogP) is 5.35. The molecule has 0 fully saturated rings. The first-order valence-corrected chi connectivity index (χ1v) is 12.8. The maximum atomic E-state index is 14.1. The summed E-state index contributed by atoms with van der Waals surface area (Å²) in [5.74, 6) is -0.365. The molecule has 0 radical (unpaired) electrons. The predicted molar refractivity (Wildman–Crippen MR) is 151 cm³/mol. The Balaban J connectivity index is 1.82. The summed E-state index contributed by atoms with van der Waals surface area (Å²) in [5, 5.41) is 12.4. The Bertz CT molecular complexity index is 1270. The first kappa shape index (κ1) is 25.9. The van der Waals surface area contributed by atoms with Gasteiger partial charge in [0.15, 0.2) is 0 Å². The van der Waals surface area contributed by atoms with E-state index in [0.717, 1.165) is 24.3 Å². The van der Waals surface area contributed by atoms with Crippen LogP contribution in [-0.4, -0.2) is 36.3 Å². The highest BCUT2D eigenvalue weighted by molar-refractivity contribution is 6.30. The molecule has 3 aromatic carbocycles. The smallest absolute Gasteiger partial charge is 0.300 e. The maximum absolute atomic E-state index is 14.1. The van der Waals surface area contributed by atoms with E-state index < -0.39 is 5.66 Å². The second-order valence-electron chi connectivity index (χ2n) is 9.45. The number of para-hydroxylation sites is 1. The quantitative estimate of drug-likeness (QED) is 0.391. The van der Waals surface area contributed by atoms with Crippen LogP contribution in [0.3, 0.4) is 0 Å². The molecule has 1 aliphatic heterocycles. The number of benzene rings is 3. The van der Waals surface area contributed by atoms with E-state index in [1.165, 1.54) is 17.5 Å². The summed E-state index contributed by atoms with van der Waals surface area (Å²) in [7, 11) is 0. The maximum Gasteiger partial charge on any atom is 0.300 e. The van der Waals surface area contributed by atoms with Gasteiger partial charge in [-0.05, 0) is 61.7 Å². The molecule has 1 aliphatic rings. The van der Waals surface area contributed by atoms with E-state index in [-0.39, 0.29) is 11.8 Å². The minimum absolute atomic E-state index is 0.345. The molecule has 3 aromatic rings. The lowest BCUT2D eigenvalue weighted by Crippen LogP contribution is -2.64. The lowest BCUT2D eigenvalue weighted by Gasteiger charge is -2.32. The monoisotopic (exact) mass is 497 g/mol. The Morgan fingerprint density at radius 2 is 1.57 bits per heavy atom. The molecule has 0 saturated carbocycles. The Morgan fingerprint density at radius 1 is 0.946 bits per heavy atom. The van der Waals surface area contributed by atoms with Gasteiger partial charge in [0, 0.05) is 37.0 Å². The van der Waals surface area contributed by atoms with Crippen molar-refractivity contribution in [1.29, 1.82) is 0 Å². The second kappa shape index (κ2) is 10.9. The van der Waals surface area contributed by atoms with Gasteiger partial charge in [0.25, 0.3) is 0 Å². The first-order chi connectivity index (χ1) is 17.8. The molecule has 37 heavy (non-hydrogen) atoms. The van der Waals surface area contributed by atoms with Crippen LogP contribution in [0.2, 0.25) is 0 Å². The van der Waals surface area contributed by atoms with Gasteiger partial charge in [-0.3, -0.25) is 9.59 Å². The fraction of sp³-hybridized carbons (Fsp3) is 0.300.